The molecule has 7 aromatic rings. The number of aromatic amines is 2. The van der Waals surface area contributed by atoms with E-state index in [9.17, 15) is 0 Å². The van der Waals surface area contributed by atoms with Gasteiger partial charge in [0, 0.05) is 53.5 Å². The van der Waals surface area contributed by atoms with Crippen molar-refractivity contribution in [3.8, 4) is 56.8 Å². The molecule has 8 bridgehead atoms. The van der Waals surface area contributed by atoms with E-state index in [1.165, 1.54) is 48.1 Å². The summed E-state index contributed by atoms with van der Waals surface area (Å²) >= 11 is 2.37. The van der Waals surface area contributed by atoms with Crippen LogP contribution in [0.15, 0.2) is 97.1 Å². The van der Waals surface area contributed by atoms with Crippen molar-refractivity contribution >= 4 is 69.0 Å². The van der Waals surface area contributed by atoms with Crippen LogP contribution in [-0.2, 0) is 0 Å². The largest absolute Gasteiger partial charge is 0.354 e. The van der Waals surface area contributed by atoms with Gasteiger partial charge in [-0.3, -0.25) is 0 Å². The van der Waals surface area contributed by atoms with Crippen LogP contribution in [0.5, 0.6) is 0 Å². The van der Waals surface area contributed by atoms with E-state index in [1.54, 1.807) is 0 Å². The number of halogens is 1. The molecule has 2 N–H and O–H groups in total. The van der Waals surface area contributed by atoms with E-state index in [0.29, 0.717) is 0 Å². The SMILES string of the molecule is [3H]C#Cc1ccc(-c2c3nc(c(-c4c(C)cc(C)cc4C)c4ccc([nH]4)c(-c4ccc(I)cc4)c4nc(c(-c5c(C)cc(C)cc5C)c5ccc2[nH]5)C=C4)C=C3)cc1. The van der Waals surface area contributed by atoms with Crippen LogP contribution in [0.2, 0.25) is 0 Å². The van der Waals surface area contributed by atoms with Crippen LogP contribution >= 0.6 is 22.6 Å². The average molecular weight is 851 g/mol. The molecule has 5 heterocycles. The first-order valence-electron chi connectivity index (χ1n) is 19.7. The Morgan fingerprint density at radius 1 is 0.474 bits per heavy atom. The van der Waals surface area contributed by atoms with Crippen molar-refractivity contribution in [1.82, 2.24) is 19.9 Å². The Labute approximate surface area is 349 Å². The number of terminal acetylenes is 1. The second-order valence-electron chi connectivity index (χ2n) is 15.3. The van der Waals surface area contributed by atoms with Gasteiger partial charge >= 0.3 is 0 Å². The van der Waals surface area contributed by atoms with Gasteiger partial charge in [0.05, 0.1) is 22.8 Å². The molecule has 0 spiro atoms. The molecule has 0 radical (unpaired) electrons. The zero-order valence-corrected chi connectivity index (χ0v) is 35.0. The van der Waals surface area contributed by atoms with E-state index in [4.69, 9.17) is 11.3 Å². The lowest BCUT2D eigenvalue weighted by atomic mass is 9.92. The molecular weight excluding hydrogens is 808 g/mol. The number of H-pyrrole nitrogens is 2. The molecule has 0 saturated carbocycles. The van der Waals surface area contributed by atoms with Crippen molar-refractivity contribution in [2.24, 2.45) is 0 Å². The van der Waals surface area contributed by atoms with Gasteiger partial charge in [-0.1, -0.05) is 65.6 Å². The Balaban J connectivity index is 1.49. The van der Waals surface area contributed by atoms with Crippen molar-refractivity contribution in [3.63, 3.8) is 0 Å². The number of nitrogens with zero attached hydrogens (tertiary/aromatic N) is 2. The second kappa shape index (κ2) is 14.4. The Morgan fingerprint density at radius 2 is 0.825 bits per heavy atom. The van der Waals surface area contributed by atoms with E-state index in [1.807, 2.05) is 12.1 Å². The first-order chi connectivity index (χ1) is 28.1. The molecule has 4 nitrogen and oxygen atoms in total. The first kappa shape index (κ1) is 35.2. The molecule has 4 aromatic carbocycles. The van der Waals surface area contributed by atoms with Gasteiger partial charge in [0.1, 0.15) is 1.37 Å². The van der Waals surface area contributed by atoms with Crippen molar-refractivity contribution < 1.29 is 1.37 Å². The van der Waals surface area contributed by atoms with E-state index in [0.717, 1.165) is 83.8 Å². The summed E-state index contributed by atoms with van der Waals surface area (Å²) in [5, 5.41) is 0. The molecule has 0 saturated heterocycles. The molecule has 2 aliphatic rings. The zero-order chi connectivity index (χ0) is 40.2. The quantitative estimate of drug-likeness (QED) is 0.137. The molecular formula is C52H41IN4. The molecule has 9 rings (SSSR count). The number of benzene rings is 4. The maximum absolute atomic E-state index is 7.46. The van der Waals surface area contributed by atoms with E-state index in [2.05, 4.69) is 196 Å². The van der Waals surface area contributed by atoms with Gasteiger partial charge in [-0.15, -0.1) is 6.40 Å². The van der Waals surface area contributed by atoms with E-state index < -0.39 is 0 Å². The third-order valence-corrected chi connectivity index (χ3v) is 11.8. The minimum Gasteiger partial charge on any atom is -0.354 e. The van der Waals surface area contributed by atoms with Crippen molar-refractivity contribution in [2.45, 2.75) is 41.5 Å². The molecule has 0 unspecified atom stereocenters. The standard InChI is InChI=1S/C52H41IN4/c1-8-35-9-11-36(12-10-35)49-39-17-21-43(54-39)51(47-31(4)25-29(2)26-32(47)5)45-23-19-41(56-45)50(37-13-15-38(53)16-14-37)42-20-24-46(57-42)52(44-22-18-40(49)55-44)48-33(6)27-30(3)28-34(48)7/h1,9-28,54,57H,2-7H3/i1T. The van der Waals surface area contributed by atoms with Gasteiger partial charge in [0.2, 0.25) is 0 Å². The highest BCUT2D eigenvalue weighted by Crippen LogP contribution is 2.41. The summed E-state index contributed by atoms with van der Waals surface area (Å²) in [4.78, 5) is 18.8. The Kier molecular flexibility index (Phi) is 8.87. The number of aryl methyl sites for hydroxylation is 6. The smallest absolute Gasteiger partial charge is 0.124 e. The third-order valence-electron chi connectivity index (χ3n) is 11.1. The summed E-state index contributed by atoms with van der Waals surface area (Å²) in [7, 11) is 0. The lowest BCUT2D eigenvalue weighted by molar-refractivity contribution is 1.28. The summed E-state index contributed by atoms with van der Waals surface area (Å²) in [5.74, 6) is 2.88. The lowest BCUT2D eigenvalue weighted by Gasteiger charge is -2.13. The van der Waals surface area contributed by atoms with E-state index >= 15 is 0 Å². The molecule has 276 valence electrons. The minimum atomic E-state index is 0.791. The fourth-order valence-corrected chi connectivity index (χ4v) is 9.18. The van der Waals surface area contributed by atoms with Crippen LogP contribution in [0.1, 0.15) is 63.1 Å². The predicted octanol–water partition coefficient (Wildman–Crippen LogP) is 13.8. The number of nitrogens with one attached hydrogen (secondary N) is 2. The summed E-state index contributed by atoms with van der Waals surface area (Å²) in [5.41, 5.74) is 23.9. The minimum absolute atomic E-state index is 0.791. The summed E-state index contributed by atoms with van der Waals surface area (Å²) in [6.45, 7) is 13.1. The highest BCUT2D eigenvalue weighted by Gasteiger charge is 2.21. The molecule has 0 atom stereocenters. The Hall–Kier alpha value is -6.23. The third kappa shape index (κ3) is 6.54. The molecule has 5 heteroatoms. The molecule has 57 heavy (non-hydrogen) atoms. The lowest BCUT2D eigenvalue weighted by Crippen LogP contribution is -1.95. The number of fused-ring (bicyclic) bond motifs is 8. The van der Waals surface area contributed by atoms with Gasteiger partial charge in [0.25, 0.3) is 0 Å². The van der Waals surface area contributed by atoms with Gasteiger partial charge in [-0.25, -0.2) is 9.97 Å². The Bertz CT molecular complexity index is 3030. The first-order valence-corrected chi connectivity index (χ1v) is 20.3. The monoisotopic (exact) mass is 850 g/mol. The maximum Gasteiger partial charge on any atom is 0.124 e. The van der Waals surface area contributed by atoms with Gasteiger partial charge in [-0.05, 0) is 181 Å². The van der Waals surface area contributed by atoms with Crippen molar-refractivity contribution in [2.75, 3.05) is 0 Å². The summed E-state index contributed by atoms with van der Waals surface area (Å²) in [6, 6.07) is 34.5. The topological polar surface area (TPSA) is 57.4 Å². The van der Waals surface area contributed by atoms with Crippen LogP contribution in [0, 0.1) is 57.4 Å². The van der Waals surface area contributed by atoms with E-state index in [-0.39, 0.29) is 0 Å². The van der Waals surface area contributed by atoms with Gasteiger partial charge in [-0.2, -0.15) is 0 Å². The molecule has 3 aromatic heterocycles. The highest BCUT2D eigenvalue weighted by molar-refractivity contribution is 14.1. The average Bonchev–Trinajstić information content (AvgIpc) is 4.02. The van der Waals surface area contributed by atoms with Gasteiger partial charge < -0.3 is 9.97 Å². The number of hydrogen-bond donors (Lipinski definition) is 2. The fourth-order valence-electron chi connectivity index (χ4n) is 8.82. The van der Waals surface area contributed by atoms with Crippen molar-refractivity contribution in [3.05, 3.63) is 162 Å². The second-order valence-corrected chi connectivity index (χ2v) is 16.5. The summed E-state index contributed by atoms with van der Waals surface area (Å²) < 4.78 is 8.64. The van der Waals surface area contributed by atoms with Crippen molar-refractivity contribution in [1.29, 1.82) is 0 Å². The van der Waals surface area contributed by atoms with Crippen LogP contribution < -0.4 is 0 Å². The zero-order valence-electron chi connectivity index (χ0n) is 33.8. The fraction of sp³-hybridized carbons (Fsp3) is 0.115. The van der Waals surface area contributed by atoms with Crippen LogP contribution in [-0.4, -0.2) is 19.9 Å². The molecule has 0 fully saturated rings. The maximum atomic E-state index is 7.46. The van der Waals surface area contributed by atoms with Crippen LogP contribution in [0.25, 0.3) is 90.9 Å². The van der Waals surface area contributed by atoms with Crippen LogP contribution in [0.4, 0.5) is 0 Å². The predicted molar refractivity (Wildman–Crippen MR) is 250 cm³/mol. The number of hydrogen-bond acceptors (Lipinski definition) is 2. The molecule has 2 aliphatic heterocycles. The number of rotatable bonds is 4. The molecule has 0 aliphatic carbocycles. The van der Waals surface area contributed by atoms with Crippen LogP contribution in [0.3, 0.4) is 0 Å². The normalized spacial score (nSPS) is 12.1. The number of aromatic nitrogens is 4. The highest BCUT2D eigenvalue weighted by atomic mass is 127. The summed E-state index contributed by atoms with van der Waals surface area (Å²) in [6.07, 6.45) is 10.9. The molecule has 0 amide bonds. The van der Waals surface area contributed by atoms with Gasteiger partial charge in [0.15, 0.2) is 0 Å². The Morgan fingerprint density at radius 3 is 1.21 bits per heavy atom.